The molecule has 2 nitrogen and oxygen atoms in total. The number of ether oxygens (including phenoxy) is 1. The van der Waals surface area contributed by atoms with E-state index < -0.39 is 0 Å². The summed E-state index contributed by atoms with van der Waals surface area (Å²) >= 11 is 0. The summed E-state index contributed by atoms with van der Waals surface area (Å²) in [6.45, 7) is 3.67. The predicted octanol–water partition coefficient (Wildman–Crippen LogP) is 3.80. The van der Waals surface area contributed by atoms with Crippen LogP contribution in [0.5, 0.6) is 0 Å². The van der Waals surface area contributed by atoms with Gasteiger partial charge >= 0.3 is 5.97 Å². The van der Waals surface area contributed by atoms with Crippen molar-refractivity contribution in [1.82, 2.24) is 0 Å². The Bertz CT molecular complexity index is 239. The van der Waals surface area contributed by atoms with Crippen LogP contribution in [0.1, 0.15) is 38.5 Å². The van der Waals surface area contributed by atoms with E-state index in [1.807, 2.05) is 12.2 Å². The number of carbonyl (C=O) groups is 1. The molecular formula is C14H22O2. The third-order valence-corrected chi connectivity index (χ3v) is 2.11. The zero-order valence-corrected chi connectivity index (χ0v) is 10.2. The topological polar surface area (TPSA) is 26.3 Å². The molecule has 0 spiro atoms. The van der Waals surface area contributed by atoms with Crippen LogP contribution in [0.4, 0.5) is 0 Å². The van der Waals surface area contributed by atoms with Crippen LogP contribution < -0.4 is 0 Å². The second-order valence-corrected chi connectivity index (χ2v) is 3.50. The van der Waals surface area contributed by atoms with Gasteiger partial charge in [0, 0.05) is 6.42 Å². The molecule has 0 unspecified atom stereocenters. The minimum atomic E-state index is -0.144. The third kappa shape index (κ3) is 10.8. The third-order valence-electron chi connectivity index (χ3n) is 2.11. The Hall–Kier alpha value is -1.31. The van der Waals surface area contributed by atoms with Crippen molar-refractivity contribution in [2.24, 2.45) is 0 Å². The van der Waals surface area contributed by atoms with Crippen molar-refractivity contribution in [3.05, 3.63) is 37.0 Å². The number of methoxy groups -OCH3 is 1. The lowest BCUT2D eigenvalue weighted by atomic mass is 10.2. The van der Waals surface area contributed by atoms with Gasteiger partial charge in [-0.3, -0.25) is 4.79 Å². The van der Waals surface area contributed by atoms with E-state index in [0.717, 1.165) is 32.1 Å². The molecule has 0 N–H and O–H groups in total. The van der Waals surface area contributed by atoms with Gasteiger partial charge < -0.3 is 4.74 Å². The first-order valence-electron chi connectivity index (χ1n) is 5.79. The van der Waals surface area contributed by atoms with Crippen LogP contribution in [0.15, 0.2) is 37.0 Å². The van der Waals surface area contributed by atoms with Gasteiger partial charge in [0.15, 0.2) is 0 Å². The molecule has 0 aliphatic rings. The van der Waals surface area contributed by atoms with Crippen molar-refractivity contribution in [3.63, 3.8) is 0 Å². The van der Waals surface area contributed by atoms with Gasteiger partial charge in [0.25, 0.3) is 0 Å². The van der Waals surface area contributed by atoms with E-state index in [-0.39, 0.29) is 5.97 Å². The number of allylic oxidation sites excluding steroid dienone is 5. The highest BCUT2D eigenvalue weighted by atomic mass is 16.5. The van der Waals surface area contributed by atoms with Gasteiger partial charge in [-0.15, -0.1) is 6.58 Å². The number of hydrogen-bond donors (Lipinski definition) is 0. The highest BCUT2D eigenvalue weighted by molar-refractivity contribution is 5.69. The summed E-state index contributed by atoms with van der Waals surface area (Å²) in [5.74, 6) is -0.144. The molecule has 0 aliphatic carbocycles. The summed E-state index contributed by atoms with van der Waals surface area (Å²) in [6.07, 6.45) is 15.9. The maximum absolute atomic E-state index is 10.8. The van der Waals surface area contributed by atoms with Crippen molar-refractivity contribution in [2.75, 3.05) is 7.11 Å². The van der Waals surface area contributed by atoms with E-state index in [1.165, 1.54) is 7.11 Å². The molecule has 0 rings (SSSR count). The fourth-order valence-electron chi connectivity index (χ4n) is 1.18. The molecule has 0 saturated carbocycles. The second kappa shape index (κ2) is 11.8. The Morgan fingerprint density at radius 2 is 1.50 bits per heavy atom. The van der Waals surface area contributed by atoms with Crippen molar-refractivity contribution in [1.29, 1.82) is 0 Å². The normalized spacial score (nSPS) is 11.1. The minimum absolute atomic E-state index is 0.144. The number of esters is 1. The van der Waals surface area contributed by atoms with Crippen LogP contribution in [-0.4, -0.2) is 13.1 Å². The van der Waals surface area contributed by atoms with E-state index in [0.29, 0.717) is 6.42 Å². The lowest BCUT2D eigenvalue weighted by Crippen LogP contribution is -1.97. The molecule has 0 radical (unpaired) electrons. The van der Waals surface area contributed by atoms with Gasteiger partial charge in [-0.1, -0.05) is 30.4 Å². The molecule has 0 aromatic rings. The fourth-order valence-corrected chi connectivity index (χ4v) is 1.18. The van der Waals surface area contributed by atoms with Gasteiger partial charge in [-0.2, -0.15) is 0 Å². The van der Waals surface area contributed by atoms with E-state index in [4.69, 9.17) is 0 Å². The molecule has 0 heterocycles. The Labute approximate surface area is 98.7 Å². The predicted molar refractivity (Wildman–Crippen MR) is 68.2 cm³/mol. The first kappa shape index (κ1) is 14.7. The summed E-state index contributed by atoms with van der Waals surface area (Å²) in [6, 6.07) is 0. The zero-order chi connectivity index (χ0) is 12.1. The molecule has 0 aliphatic heterocycles. The standard InChI is InChI=1S/C14H22O2/c1-3-4-5-6-7-8-9-10-11-12-13-14(15)16-2/h3,6-7,10-11H,1,4-5,8-9,12-13H2,2H3/b7-6+,11-10-. The van der Waals surface area contributed by atoms with Gasteiger partial charge in [-0.25, -0.2) is 0 Å². The SMILES string of the molecule is C=CCC/C=C/CC/C=C\CCC(=O)OC. The summed E-state index contributed by atoms with van der Waals surface area (Å²) in [5, 5.41) is 0. The van der Waals surface area contributed by atoms with E-state index in [2.05, 4.69) is 29.5 Å². The lowest BCUT2D eigenvalue weighted by Gasteiger charge is -1.93. The maximum Gasteiger partial charge on any atom is 0.305 e. The Morgan fingerprint density at radius 3 is 2.00 bits per heavy atom. The number of carbonyl (C=O) groups excluding carboxylic acids is 1. The highest BCUT2D eigenvalue weighted by Gasteiger charge is 1.94. The average molecular weight is 222 g/mol. The van der Waals surface area contributed by atoms with Crippen LogP contribution >= 0.6 is 0 Å². The molecule has 16 heavy (non-hydrogen) atoms. The molecule has 0 atom stereocenters. The smallest absolute Gasteiger partial charge is 0.305 e. The summed E-state index contributed by atoms with van der Waals surface area (Å²) < 4.78 is 4.54. The molecular weight excluding hydrogens is 200 g/mol. The van der Waals surface area contributed by atoms with Crippen molar-refractivity contribution < 1.29 is 9.53 Å². The fraction of sp³-hybridized carbons (Fsp3) is 0.500. The quantitative estimate of drug-likeness (QED) is 0.337. The van der Waals surface area contributed by atoms with Gasteiger partial charge in [0.2, 0.25) is 0 Å². The van der Waals surface area contributed by atoms with Crippen molar-refractivity contribution in [3.8, 4) is 0 Å². The first-order valence-corrected chi connectivity index (χ1v) is 5.79. The number of hydrogen-bond acceptors (Lipinski definition) is 2. The maximum atomic E-state index is 10.8. The molecule has 0 aromatic heterocycles. The number of rotatable bonds is 9. The molecule has 0 bridgehead atoms. The molecule has 90 valence electrons. The van der Waals surface area contributed by atoms with Crippen LogP contribution in [-0.2, 0) is 9.53 Å². The monoisotopic (exact) mass is 222 g/mol. The number of unbranched alkanes of at least 4 members (excludes halogenated alkanes) is 2. The van der Waals surface area contributed by atoms with Crippen LogP contribution in [0.3, 0.4) is 0 Å². The molecule has 0 fully saturated rings. The Kier molecular flexibility index (Phi) is 10.8. The largest absolute Gasteiger partial charge is 0.469 e. The molecule has 0 amide bonds. The second-order valence-electron chi connectivity index (χ2n) is 3.50. The lowest BCUT2D eigenvalue weighted by molar-refractivity contribution is -0.140. The van der Waals surface area contributed by atoms with Crippen LogP contribution in [0, 0.1) is 0 Å². The van der Waals surface area contributed by atoms with Gasteiger partial charge in [0.05, 0.1) is 7.11 Å². The van der Waals surface area contributed by atoms with E-state index >= 15 is 0 Å². The van der Waals surface area contributed by atoms with Crippen molar-refractivity contribution >= 4 is 5.97 Å². The first-order chi connectivity index (χ1) is 7.81. The van der Waals surface area contributed by atoms with Gasteiger partial charge in [0.1, 0.15) is 0 Å². The molecule has 2 heteroatoms. The van der Waals surface area contributed by atoms with Gasteiger partial charge in [-0.05, 0) is 32.1 Å². The summed E-state index contributed by atoms with van der Waals surface area (Å²) in [4.78, 5) is 10.8. The molecule has 0 aromatic carbocycles. The van der Waals surface area contributed by atoms with Crippen LogP contribution in [0.2, 0.25) is 0 Å². The highest BCUT2D eigenvalue weighted by Crippen LogP contribution is 1.99. The summed E-state index contributed by atoms with van der Waals surface area (Å²) in [7, 11) is 1.42. The Morgan fingerprint density at radius 1 is 1.00 bits per heavy atom. The van der Waals surface area contributed by atoms with Crippen LogP contribution in [0.25, 0.3) is 0 Å². The zero-order valence-electron chi connectivity index (χ0n) is 10.2. The average Bonchev–Trinajstić information content (AvgIpc) is 2.31. The Balaban J connectivity index is 3.30. The minimum Gasteiger partial charge on any atom is -0.469 e. The molecule has 0 saturated heterocycles. The van der Waals surface area contributed by atoms with Crippen molar-refractivity contribution in [2.45, 2.75) is 38.5 Å². The summed E-state index contributed by atoms with van der Waals surface area (Å²) in [5.41, 5.74) is 0. The van der Waals surface area contributed by atoms with E-state index in [9.17, 15) is 4.79 Å². The van der Waals surface area contributed by atoms with E-state index in [1.54, 1.807) is 0 Å².